The molecule has 14 rings (SSSR count). The molecule has 99 heavy (non-hydrogen) atoms. The summed E-state index contributed by atoms with van der Waals surface area (Å²) in [6, 6.07) is 30.6. The van der Waals surface area contributed by atoms with E-state index in [4.69, 9.17) is 30.9 Å². The third kappa shape index (κ3) is 18.2. The van der Waals surface area contributed by atoms with Gasteiger partial charge in [0, 0.05) is 78.1 Å². The summed E-state index contributed by atoms with van der Waals surface area (Å²) in [6.07, 6.45) is 15.6. The van der Waals surface area contributed by atoms with Gasteiger partial charge in [-0.1, -0.05) is 18.2 Å². The van der Waals surface area contributed by atoms with Crippen molar-refractivity contribution in [2.24, 2.45) is 5.73 Å². The molecule has 0 bridgehead atoms. The second-order valence-corrected chi connectivity index (χ2v) is 29.5. The number of halogens is 7. The molecule has 2 atom stereocenters. The molecule has 12 aromatic rings. The third-order valence-corrected chi connectivity index (χ3v) is 19.7. The number of alkyl halides is 6. The number of aromatic amines is 1. The molecule has 20 nitrogen and oxygen atoms in total. The fourth-order valence-electron chi connectivity index (χ4n) is 10.7. The largest absolute Gasteiger partial charge is 0.384 e. The Balaban J connectivity index is 0.000000141. The first-order valence-corrected chi connectivity index (χ1v) is 35.2. The minimum absolute atomic E-state index is 0.0318. The Bertz CT molecular complexity index is 4590. The molecule has 2 aliphatic rings. The van der Waals surface area contributed by atoms with Gasteiger partial charge in [-0.25, -0.2) is 24.3 Å². The number of fused-ring (bicyclic) bond motifs is 3. The molecule has 14 heterocycles. The molecule has 0 aliphatic carbocycles. The number of nitrogens with zero attached hydrogens (tertiary/aromatic N) is 11. The van der Waals surface area contributed by atoms with E-state index >= 15 is 0 Å². The highest BCUT2D eigenvalue weighted by molar-refractivity contribution is 9.10. The number of ether oxygens (including phenoxy) is 2. The summed E-state index contributed by atoms with van der Waals surface area (Å²) in [5.74, 6) is -7.49. The molecule has 12 aromatic heterocycles. The average molecular weight is 1480 g/mol. The fraction of sp³-hybridized carbons (Fsp3) is 0.348. The Morgan fingerprint density at radius 2 is 0.990 bits per heavy atom. The lowest BCUT2D eigenvalue weighted by molar-refractivity contribution is -0.0384. The first kappa shape index (κ1) is 71.6. The van der Waals surface area contributed by atoms with E-state index in [0.717, 1.165) is 112 Å². The first-order valence-electron chi connectivity index (χ1n) is 32.0. The van der Waals surface area contributed by atoms with Gasteiger partial charge in [-0.15, -0.1) is 34.0 Å². The molecule has 2 aliphatic heterocycles. The summed E-state index contributed by atoms with van der Waals surface area (Å²) in [7, 11) is 0. The summed E-state index contributed by atoms with van der Waals surface area (Å²) in [6.45, 7) is 12.1. The van der Waals surface area contributed by atoms with E-state index in [0.29, 0.717) is 22.7 Å². The van der Waals surface area contributed by atoms with Crippen molar-refractivity contribution in [3.8, 4) is 31.7 Å². The predicted octanol–water partition coefficient (Wildman–Crippen LogP) is 17.5. The van der Waals surface area contributed by atoms with Gasteiger partial charge in [0.05, 0.1) is 93.4 Å². The quantitative estimate of drug-likeness (QED) is 0.0418. The van der Waals surface area contributed by atoms with Crippen molar-refractivity contribution < 1.29 is 35.8 Å². The Morgan fingerprint density at radius 3 is 1.44 bits per heavy atom. The van der Waals surface area contributed by atoms with Crippen molar-refractivity contribution in [1.82, 2.24) is 59.7 Å². The Kier molecular flexibility index (Phi) is 22.3. The topological polar surface area (TPSA) is 260 Å². The number of nitrogen functional groups attached to an aromatic ring is 1. The number of rotatable bonds is 17. The number of anilines is 5. The number of H-pyrrole nitrogens is 1. The van der Waals surface area contributed by atoms with Gasteiger partial charge in [-0.3, -0.25) is 20.1 Å². The molecule has 0 saturated carbocycles. The monoisotopic (exact) mass is 1480 g/mol. The maximum absolute atomic E-state index is 14.9. The van der Waals surface area contributed by atoms with Gasteiger partial charge in [-0.05, 0) is 175 Å². The second kappa shape index (κ2) is 30.9. The summed E-state index contributed by atoms with van der Waals surface area (Å²) in [5.41, 5.74) is 15.9. The van der Waals surface area contributed by atoms with Gasteiger partial charge >= 0.3 is 17.8 Å². The highest BCUT2D eigenvalue weighted by atomic mass is 79.9. The van der Waals surface area contributed by atoms with Crippen molar-refractivity contribution in [3.63, 3.8) is 0 Å². The van der Waals surface area contributed by atoms with Crippen LogP contribution >= 0.6 is 49.9 Å². The van der Waals surface area contributed by atoms with Crippen LogP contribution in [0.3, 0.4) is 0 Å². The van der Waals surface area contributed by atoms with E-state index in [-0.39, 0.29) is 46.4 Å². The van der Waals surface area contributed by atoms with Crippen molar-refractivity contribution in [2.75, 3.05) is 59.8 Å². The van der Waals surface area contributed by atoms with E-state index in [1.165, 1.54) is 78.0 Å². The number of pyridine rings is 6. The van der Waals surface area contributed by atoms with Gasteiger partial charge in [0.15, 0.2) is 12.5 Å². The Morgan fingerprint density at radius 1 is 0.535 bits per heavy atom. The molecule has 2 saturated heterocycles. The first-order chi connectivity index (χ1) is 47.3. The molecule has 520 valence electrons. The second-order valence-electron chi connectivity index (χ2n) is 25.5. The fourth-order valence-corrected chi connectivity index (χ4v) is 14.6. The van der Waals surface area contributed by atoms with E-state index in [1.54, 1.807) is 60.1 Å². The van der Waals surface area contributed by atoms with Crippen molar-refractivity contribution in [2.45, 2.75) is 121 Å². The lowest BCUT2D eigenvalue weighted by atomic mass is 10.1. The average Bonchev–Trinajstić information content (AvgIpc) is 1.65. The summed E-state index contributed by atoms with van der Waals surface area (Å²) < 4.78 is 104. The lowest BCUT2D eigenvalue weighted by Crippen LogP contribution is -2.27. The molecule has 0 aromatic carbocycles. The normalized spacial score (nSPS) is 15.3. The third-order valence-electron chi connectivity index (χ3n) is 15.3. The highest BCUT2D eigenvalue weighted by Gasteiger charge is 2.35. The van der Waals surface area contributed by atoms with Crippen molar-refractivity contribution in [1.29, 1.82) is 0 Å². The van der Waals surface area contributed by atoms with Crippen LogP contribution in [0.4, 0.5) is 55.2 Å². The number of thiophene rings is 3. The summed E-state index contributed by atoms with van der Waals surface area (Å²) >= 11 is 8.37. The highest BCUT2D eigenvalue weighted by Crippen LogP contribution is 2.43. The van der Waals surface area contributed by atoms with Crippen LogP contribution in [-0.4, -0.2) is 104 Å². The van der Waals surface area contributed by atoms with E-state index < -0.39 is 37.4 Å². The zero-order chi connectivity index (χ0) is 70.1. The molecule has 9 N–H and O–H groups in total. The predicted molar refractivity (Wildman–Crippen MR) is 386 cm³/mol. The van der Waals surface area contributed by atoms with Gasteiger partial charge in [0.1, 0.15) is 34.5 Å². The zero-order valence-corrected chi connectivity index (χ0v) is 59.1. The van der Waals surface area contributed by atoms with Crippen LogP contribution in [0.5, 0.6) is 0 Å². The lowest BCUT2D eigenvalue weighted by Gasteiger charge is -2.24. The van der Waals surface area contributed by atoms with E-state index in [2.05, 4.69) is 116 Å². The SMILES string of the molecule is CC(C)(C)Nc1cc(Br)c2sc(-c3ccnn3C3CCCCO3)cc2n1.CC(C)(C)Nc1cc(NCC(F)(F)c2ccccn2)c2sc(-c3ccnn3C3CCCCO3)cc2n1.NCC(F)(F)c1ccccn1.Nc1cc(NCC(F)(F)c2ccccn2)c2sc(-c3ccn[nH]3)cc2n1. The molecular formula is C69H75BrF6N18O2S3. The maximum atomic E-state index is 14.9. The zero-order valence-electron chi connectivity index (χ0n) is 55.1. The van der Waals surface area contributed by atoms with Crippen LogP contribution in [0.15, 0.2) is 151 Å². The summed E-state index contributed by atoms with van der Waals surface area (Å²) in [4.78, 5) is 28.0. The van der Waals surface area contributed by atoms with Crippen molar-refractivity contribution in [3.05, 3.63) is 168 Å². The standard InChI is InChI=1S/C26H30F2N6OS.C19H23BrN4OS.C17H14F2N6S.C7H8F2N2/c1-25(2,3)33-22-15-17(30-16-26(27,28)21-8-4-6-11-29-21)24-18(32-22)14-20(36-24)19-10-12-31-34(19)23-9-5-7-13-35-23;1-19(2,3)23-16-10-12(20)18-13(22-16)11-15(26-18)14-7-8-21-24(14)17-6-4-5-9-25-17;18-17(19,14-3-1-2-5-21-14)9-22-11-8-15(20)24-12-7-13(26-16(11)12)10-4-6-23-25-10;8-7(9,5-10)6-3-1-2-4-11-6/h4,6,8,10-12,14-15,23H,5,7,9,13,16H2,1-3H3,(H2,30,32,33);7-8,10-11,17H,4-6,9H2,1-3H3,(H,22,23);1-8H,9H2,(H,23,25)(H3,20,22,24);1-4H,5,10H2. The van der Waals surface area contributed by atoms with Crippen LogP contribution in [0, 0.1) is 0 Å². The van der Waals surface area contributed by atoms with Gasteiger partial charge in [0.2, 0.25) is 0 Å². The Hall–Kier alpha value is -8.65. The number of aromatic nitrogens is 12. The van der Waals surface area contributed by atoms with E-state index in [9.17, 15) is 26.3 Å². The molecular weight excluding hydrogens is 1400 g/mol. The molecule has 0 spiro atoms. The molecule has 0 radical (unpaired) electrons. The maximum Gasteiger partial charge on any atom is 0.306 e. The molecule has 30 heteroatoms. The van der Waals surface area contributed by atoms with Crippen LogP contribution in [0.1, 0.15) is 110 Å². The molecule has 2 unspecified atom stereocenters. The van der Waals surface area contributed by atoms with Gasteiger partial charge in [-0.2, -0.15) is 41.6 Å². The number of hydrogen-bond donors (Lipinski definition) is 7. The minimum Gasteiger partial charge on any atom is -0.384 e. The van der Waals surface area contributed by atoms with Crippen LogP contribution in [0.25, 0.3) is 62.4 Å². The summed E-state index contributed by atoms with van der Waals surface area (Å²) in [5, 5.41) is 28.5. The number of nitrogens with two attached hydrogens (primary N) is 2. The smallest absolute Gasteiger partial charge is 0.306 e. The van der Waals surface area contributed by atoms with Crippen LogP contribution in [0.2, 0.25) is 0 Å². The van der Waals surface area contributed by atoms with Crippen molar-refractivity contribution >= 4 is 109 Å². The van der Waals surface area contributed by atoms with Gasteiger partial charge < -0.3 is 42.2 Å². The van der Waals surface area contributed by atoms with Crippen LogP contribution < -0.4 is 32.7 Å². The number of nitrogens with one attached hydrogen (secondary N) is 5. The number of hydrogen-bond acceptors (Lipinski definition) is 20. The Labute approximate surface area is 588 Å². The van der Waals surface area contributed by atoms with Crippen LogP contribution in [-0.2, 0) is 27.2 Å². The van der Waals surface area contributed by atoms with Gasteiger partial charge in [0.25, 0.3) is 0 Å². The molecule has 2 fully saturated rings. The molecule has 0 amide bonds. The van der Waals surface area contributed by atoms with E-state index in [1.807, 2.05) is 60.6 Å². The minimum atomic E-state index is -3.13.